The Kier molecular flexibility index (Phi) is 4.77. The first-order valence-corrected chi connectivity index (χ1v) is 9.12. The maximum Gasteiger partial charge on any atom is 0.338 e. The van der Waals surface area contributed by atoms with Gasteiger partial charge in [-0.05, 0) is 49.9 Å². The molecule has 1 aliphatic rings. The van der Waals surface area contributed by atoms with Crippen molar-refractivity contribution >= 4 is 22.8 Å². The van der Waals surface area contributed by atoms with Crippen molar-refractivity contribution in [2.75, 3.05) is 12.4 Å². The molecule has 3 aromatic rings. The van der Waals surface area contributed by atoms with Crippen molar-refractivity contribution in [2.45, 2.75) is 37.8 Å². The summed E-state index contributed by atoms with van der Waals surface area (Å²) < 4.78 is 6.80. The van der Waals surface area contributed by atoms with Gasteiger partial charge in [0.1, 0.15) is 5.82 Å². The Bertz CT molecular complexity index is 961. The average molecular weight is 366 g/mol. The number of hydrogen-bond acceptors (Lipinski definition) is 6. The summed E-state index contributed by atoms with van der Waals surface area (Å²) in [6.07, 6.45) is 6.84. The van der Waals surface area contributed by atoms with Crippen LogP contribution in [-0.2, 0) is 4.74 Å². The van der Waals surface area contributed by atoms with Gasteiger partial charge in [-0.15, -0.1) is 0 Å². The number of benzene rings is 1. The molecule has 0 aliphatic heterocycles. The number of fused-ring (bicyclic) bond motifs is 1. The molecule has 1 fully saturated rings. The van der Waals surface area contributed by atoms with Gasteiger partial charge < -0.3 is 19.7 Å². The minimum atomic E-state index is -0.358. The first-order valence-electron chi connectivity index (χ1n) is 9.12. The van der Waals surface area contributed by atoms with Crippen LogP contribution in [0.4, 0.5) is 5.95 Å². The zero-order chi connectivity index (χ0) is 18.8. The molecular weight excluding hydrogens is 344 g/mol. The van der Waals surface area contributed by atoms with Gasteiger partial charge in [0.25, 0.3) is 0 Å². The van der Waals surface area contributed by atoms with Crippen LogP contribution in [0.25, 0.3) is 16.7 Å². The van der Waals surface area contributed by atoms with E-state index in [2.05, 4.69) is 15.3 Å². The van der Waals surface area contributed by atoms with E-state index >= 15 is 0 Å². The number of carbonyl (C=O) groups is 1. The Morgan fingerprint density at radius 1 is 1.22 bits per heavy atom. The summed E-state index contributed by atoms with van der Waals surface area (Å²) >= 11 is 0. The molecule has 0 amide bonds. The molecule has 0 unspecified atom stereocenters. The maximum atomic E-state index is 12.0. The van der Waals surface area contributed by atoms with E-state index < -0.39 is 0 Å². The quantitative estimate of drug-likeness (QED) is 0.690. The van der Waals surface area contributed by atoms with Gasteiger partial charge in [0, 0.05) is 23.8 Å². The summed E-state index contributed by atoms with van der Waals surface area (Å²) in [4.78, 5) is 21.0. The summed E-state index contributed by atoms with van der Waals surface area (Å²) in [6.45, 7) is 0. The van der Waals surface area contributed by atoms with Crippen LogP contribution in [-0.4, -0.2) is 44.9 Å². The van der Waals surface area contributed by atoms with Crippen molar-refractivity contribution in [3.8, 4) is 5.82 Å². The third-order valence-electron chi connectivity index (χ3n) is 5.06. The third kappa shape index (κ3) is 3.50. The molecule has 4 rings (SSSR count). The standard InChI is InChI=1S/C20H22N4O3/c1-27-19(26)16-3-2-4-17-15(16)10-12-24(17)18-9-11-21-20(23-18)22-13-5-7-14(25)8-6-13/h2-4,9-14,25H,5-8H2,1H3,(H,21,22,23)/t13-,14-. The first kappa shape index (κ1) is 17.5. The lowest BCUT2D eigenvalue weighted by Gasteiger charge is -2.26. The SMILES string of the molecule is COC(=O)c1cccc2c1ccn2-c1ccnc(N[C@H]2CC[C@H](O)CC2)n1. The molecule has 0 saturated heterocycles. The van der Waals surface area contributed by atoms with Crippen LogP contribution in [0.2, 0.25) is 0 Å². The first-order chi connectivity index (χ1) is 13.2. The lowest BCUT2D eigenvalue weighted by Crippen LogP contribution is -2.29. The lowest BCUT2D eigenvalue weighted by molar-refractivity contribution is 0.0603. The largest absolute Gasteiger partial charge is 0.465 e. The minimum Gasteiger partial charge on any atom is -0.465 e. The molecule has 1 saturated carbocycles. The van der Waals surface area contributed by atoms with E-state index in [1.54, 1.807) is 12.3 Å². The van der Waals surface area contributed by atoms with Crippen LogP contribution in [0.5, 0.6) is 0 Å². The Balaban J connectivity index is 1.63. The molecule has 2 heterocycles. The van der Waals surface area contributed by atoms with Crippen LogP contribution in [0, 0.1) is 0 Å². The number of methoxy groups -OCH3 is 1. The normalized spacial score (nSPS) is 19.8. The number of carbonyl (C=O) groups excluding carboxylic acids is 1. The zero-order valence-electron chi connectivity index (χ0n) is 15.1. The van der Waals surface area contributed by atoms with Crippen molar-refractivity contribution in [3.63, 3.8) is 0 Å². The molecule has 140 valence electrons. The van der Waals surface area contributed by atoms with Crippen molar-refractivity contribution in [3.05, 3.63) is 48.3 Å². The van der Waals surface area contributed by atoms with Crippen molar-refractivity contribution in [1.29, 1.82) is 0 Å². The van der Waals surface area contributed by atoms with Crippen LogP contribution < -0.4 is 5.32 Å². The number of esters is 1. The summed E-state index contributed by atoms with van der Waals surface area (Å²) in [6, 6.07) is 9.52. The summed E-state index contributed by atoms with van der Waals surface area (Å²) in [7, 11) is 1.38. The smallest absolute Gasteiger partial charge is 0.338 e. The number of aliphatic hydroxyl groups is 1. The van der Waals surface area contributed by atoms with Crippen LogP contribution in [0.1, 0.15) is 36.0 Å². The van der Waals surface area contributed by atoms with E-state index in [4.69, 9.17) is 4.74 Å². The third-order valence-corrected chi connectivity index (χ3v) is 5.06. The van der Waals surface area contributed by atoms with Gasteiger partial charge in [-0.2, -0.15) is 4.98 Å². The number of rotatable bonds is 4. The Hall–Kier alpha value is -2.93. The van der Waals surface area contributed by atoms with Crippen LogP contribution >= 0.6 is 0 Å². The number of anilines is 1. The highest BCUT2D eigenvalue weighted by atomic mass is 16.5. The van der Waals surface area contributed by atoms with Gasteiger partial charge in [-0.1, -0.05) is 6.07 Å². The average Bonchev–Trinajstić information content (AvgIpc) is 3.13. The predicted molar refractivity (Wildman–Crippen MR) is 102 cm³/mol. The van der Waals surface area contributed by atoms with Gasteiger partial charge in [-0.25, -0.2) is 9.78 Å². The number of ether oxygens (including phenoxy) is 1. The number of aliphatic hydroxyl groups excluding tert-OH is 1. The molecule has 7 nitrogen and oxygen atoms in total. The van der Waals surface area contributed by atoms with E-state index in [1.807, 2.05) is 35.0 Å². The van der Waals surface area contributed by atoms with E-state index in [-0.39, 0.29) is 18.1 Å². The zero-order valence-corrected chi connectivity index (χ0v) is 15.1. The summed E-state index contributed by atoms with van der Waals surface area (Å²) in [5.41, 5.74) is 1.41. The molecule has 0 radical (unpaired) electrons. The summed E-state index contributed by atoms with van der Waals surface area (Å²) in [5.74, 6) is 0.933. The number of hydrogen-bond donors (Lipinski definition) is 2. The van der Waals surface area contributed by atoms with E-state index in [9.17, 15) is 9.90 Å². The molecular formula is C20H22N4O3. The summed E-state index contributed by atoms with van der Waals surface area (Å²) in [5, 5.41) is 13.8. The fourth-order valence-corrected chi connectivity index (χ4v) is 3.61. The molecule has 1 aliphatic carbocycles. The second-order valence-corrected chi connectivity index (χ2v) is 6.80. The number of nitrogens with one attached hydrogen (secondary N) is 1. The van der Waals surface area contributed by atoms with Crippen LogP contribution in [0.3, 0.4) is 0 Å². The molecule has 2 N–H and O–H groups in total. The molecule has 0 spiro atoms. The van der Waals surface area contributed by atoms with Crippen molar-refractivity contribution in [2.24, 2.45) is 0 Å². The fourth-order valence-electron chi connectivity index (χ4n) is 3.61. The van der Waals surface area contributed by atoms with Gasteiger partial charge in [-0.3, -0.25) is 0 Å². The van der Waals surface area contributed by atoms with E-state index in [0.29, 0.717) is 11.5 Å². The fraction of sp³-hybridized carbons (Fsp3) is 0.350. The molecule has 0 atom stereocenters. The molecule has 1 aromatic carbocycles. The van der Waals surface area contributed by atoms with Crippen molar-refractivity contribution < 1.29 is 14.6 Å². The maximum absolute atomic E-state index is 12.0. The van der Waals surface area contributed by atoms with Gasteiger partial charge in [0.05, 0.1) is 24.3 Å². The topological polar surface area (TPSA) is 89.3 Å². The van der Waals surface area contributed by atoms with Gasteiger partial charge in [0.15, 0.2) is 0 Å². The van der Waals surface area contributed by atoms with Gasteiger partial charge in [0.2, 0.25) is 5.95 Å². The molecule has 7 heteroatoms. The van der Waals surface area contributed by atoms with E-state index in [0.717, 1.165) is 42.4 Å². The van der Waals surface area contributed by atoms with Crippen LogP contribution in [0.15, 0.2) is 42.7 Å². The van der Waals surface area contributed by atoms with E-state index in [1.165, 1.54) is 7.11 Å². The van der Waals surface area contributed by atoms with Crippen molar-refractivity contribution in [1.82, 2.24) is 14.5 Å². The number of nitrogens with zero attached hydrogens (tertiary/aromatic N) is 3. The number of aromatic nitrogens is 3. The highest BCUT2D eigenvalue weighted by Gasteiger charge is 2.20. The van der Waals surface area contributed by atoms with Gasteiger partial charge >= 0.3 is 5.97 Å². The highest BCUT2D eigenvalue weighted by Crippen LogP contribution is 2.25. The molecule has 0 bridgehead atoms. The molecule has 27 heavy (non-hydrogen) atoms. The Labute approximate surface area is 157 Å². The second kappa shape index (κ2) is 7.36. The monoisotopic (exact) mass is 366 g/mol. The molecule has 2 aromatic heterocycles. The Morgan fingerprint density at radius 2 is 2.04 bits per heavy atom. The Morgan fingerprint density at radius 3 is 2.81 bits per heavy atom. The minimum absolute atomic E-state index is 0.189. The highest BCUT2D eigenvalue weighted by molar-refractivity contribution is 6.04. The predicted octanol–water partition coefficient (Wildman–Crippen LogP) is 2.92. The second-order valence-electron chi connectivity index (χ2n) is 6.80. The lowest BCUT2D eigenvalue weighted by atomic mass is 9.93.